The highest BCUT2D eigenvalue weighted by atomic mass is 79.9. The first-order valence-corrected chi connectivity index (χ1v) is 9.55. The number of aliphatic imine (C=N–C) groups is 1. The topological polar surface area (TPSA) is 66.1 Å². The van der Waals surface area contributed by atoms with Crippen molar-refractivity contribution in [3.8, 4) is 5.75 Å². The number of aryl methyl sites for hydroxylation is 1. The Kier molecular flexibility index (Phi) is 6.20. The Morgan fingerprint density at radius 1 is 1.25 bits per heavy atom. The normalized spacial score (nSPS) is 18.9. The molecule has 1 aliphatic rings. The van der Waals surface area contributed by atoms with E-state index in [1.807, 2.05) is 25.1 Å². The van der Waals surface area contributed by atoms with Crippen LogP contribution >= 0.6 is 15.9 Å². The molecule has 28 heavy (non-hydrogen) atoms. The van der Waals surface area contributed by atoms with E-state index in [-0.39, 0.29) is 18.4 Å². The number of amidine groups is 1. The van der Waals surface area contributed by atoms with Gasteiger partial charge in [0, 0.05) is 11.1 Å². The molecular formula is C20H21BrF2N2O3. The average Bonchev–Trinajstić information content (AvgIpc) is 3.04. The summed E-state index contributed by atoms with van der Waals surface area (Å²) >= 11 is 3.54. The van der Waals surface area contributed by atoms with E-state index >= 15 is 0 Å². The molecule has 0 radical (unpaired) electrons. The maximum absolute atomic E-state index is 12.6. The first kappa shape index (κ1) is 20.5. The molecule has 150 valence electrons. The lowest BCUT2D eigenvalue weighted by molar-refractivity contribution is -0.0503. The molecule has 0 aromatic heterocycles. The van der Waals surface area contributed by atoms with Crippen molar-refractivity contribution in [3.63, 3.8) is 0 Å². The third-order valence-electron chi connectivity index (χ3n) is 4.51. The summed E-state index contributed by atoms with van der Waals surface area (Å²) in [6.07, 6.45) is 0. The van der Waals surface area contributed by atoms with Crippen molar-refractivity contribution in [2.75, 3.05) is 13.2 Å². The Hall–Kier alpha value is -2.19. The third kappa shape index (κ3) is 4.28. The van der Waals surface area contributed by atoms with Crippen molar-refractivity contribution in [2.24, 2.45) is 10.7 Å². The number of benzene rings is 2. The summed E-state index contributed by atoms with van der Waals surface area (Å²) in [5, 5.41) is 0. The van der Waals surface area contributed by atoms with Gasteiger partial charge in [-0.1, -0.05) is 28.1 Å². The summed E-state index contributed by atoms with van der Waals surface area (Å²) < 4.78 is 41.6. The second-order valence-electron chi connectivity index (χ2n) is 6.44. The highest BCUT2D eigenvalue weighted by Gasteiger charge is 2.40. The number of alkyl halides is 2. The molecule has 1 heterocycles. The molecule has 0 unspecified atom stereocenters. The van der Waals surface area contributed by atoms with Crippen LogP contribution in [-0.4, -0.2) is 25.8 Å². The van der Waals surface area contributed by atoms with E-state index in [1.54, 1.807) is 19.1 Å². The third-order valence-corrected chi connectivity index (χ3v) is 4.96. The summed E-state index contributed by atoms with van der Waals surface area (Å²) in [5.41, 5.74) is 8.13. The van der Waals surface area contributed by atoms with Crippen LogP contribution in [0.2, 0.25) is 0 Å². The van der Waals surface area contributed by atoms with Gasteiger partial charge >= 0.3 is 6.61 Å². The predicted molar refractivity (Wildman–Crippen MR) is 106 cm³/mol. The molecule has 1 atom stereocenters. The zero-order valence-corrected chi connectivity index (χ0v) is 17.1. The van der Waals surface area contributed by atoms with Crippen LogP contribution in [-0.2, 0) is 21.6 Å². The van der Waals surface area contributed by atoms with Crippen molar-refractivity contribution >= 4 is 22.0 Å². The second-order valence-corrected chi connectivity index (χ2v) is 7.36. The number of nitrogens with two attached hydrogens (primary N) is 1. The van der Waals surface area contributed by atoms with Crippen LogP contribution in [0.4, 0.5) is 8.78 Å². The molecule has 0 saturated heterocycles. The Labute approximate surface area is 170 Å². The minimum atomic E-state index is -2.88. The van der Waals surface area contributed by atoms with E-state index in [0.29, 0.717) is 18.8 Å². The Morgan fingerprint density at radius 2 is 2.04 bits per heavy atom. The molecule has 0 bridgehead atoms. The van der Waals surface area contributed by atoms with E-state index in [2.05, 4.69) is 25.7 Å². The number of rotatable bonds is 7. The molecule has 0 spiro atoms. The standard InChI is InChI=1S/C20H21BrF2N2O3/c1-3-26-10-13-7-15(9-16(21)8-13)20(11-27-19(24)25-20)14-4-5-17(12(2)6-14)28-18(22)23/h4-9,18H,3,10-11H2,1-2H3,(H2,24,25)/t20-/m0/s1. The minimum Gasteiger partial charge on any atom is -0.462 e. The maximum Gasteiger partial charge on any atom is 0.387 e. The van der Waals surface area contributed by atoms with Gasteiger partial charge in [-0.25, -0.2) is 4.99 Å². The molecular weight excluding hydrogens is 434 g/mol. The van der Waals surface area contributed by atoms with Gasteiger partial charge in [0.2, 0.25) is 0 Å². The van der Waals surface area contributed by atoms with Crippen LogP contribution in [0.5, 0.6) is 5.75 Å². The first-order valence-electron chi connectivity index (χ1n) is 8.76. The fourth-order valence-corrected chi connectivity index (χ4v) is 3.76. The van der Waals surface area contributed by atoms with Crippen LogP contribution in [0.3, 0.4) is 0 Å². The smallest absolute Gasteiger partial charge is 0.387 e. The fourth-order valence-electron chi connectivity index (χ4n) is 3.22. The van der Waals surface area contributed by atoms with Gasteiger partial charge in [-0.3, -0.25) is 0 Å². The van der Waals surface area contributed by atoms with Crippen LogP contribution in [0, 0.1) is 6.92 Å². The first-order chi connectivity index (χ1) is 13.3. The van der Waals surface area contributed by atoms with Gasteiger partial charge in [0.15, 0.2) is 5.54 Å². The molecule has 0 amide bonds. The van der Waals surface area contributed by atoms with Gasteiger partial charge < -0.3 is 19.9 Å². The van der Waals surface area contributed by atoms with Gasteiger partial charge in [-0.15, -0.1) is 0 Å². The Balaban J connectivity index is 2.08. The largest absolute Gasteiger partial charge is 0.462 e. The van der Waals surface area contributed by atoms with E-state index in [4.69, 9.17) is 15.2 Å². The van der Waals surface area contributed by atoms with E-state index in [9.17, 15) is 8.78 Å². The molecule has 0 saturated carbocycles. The van der Waals surface area contributed by atoms with Crippen molar-refractivity contribution in [2.45, 2.75) is 32.6 Å². The minimum absolute atomic E-state index is 0.0805. The average molecular weight is 455 g/mol. The second kappa shape index (κ2) is 8.45. The summed E-state index contributed by atoms with van der Waals surface area (Å²) in [5.74, 6) is 0.121. The maximum atomic E-state index is 12.6. The molecule has 2 aromatic carbocycles. The van der Waals surface area contributed by atoms with Gasteiger partial charge in [0.25, 0.3) is 6.02 Å². The van der Waals surface area contributed by atoms with Crippen molar-refractivity contribution in [1.82, 2.24) is 0 Å². The lowest BCUT2D eigenvalue weighted by Gasteiger charge is -2.27. The molecule has 5 nitrogen and oxygen atoms in total. The number of halogens is 3. The zero-order valence-electron chi connectivity index (χ0n) is 15.5. The monoisotopic (exact) mass is 454 g/mol. The molecule has 0 fully saturated rings. The van der Waals surface area contributed by atoms with Crippen LogP contribution in [0.25, 0.3) is 0 Å². The lowest BCUT2D eigenvalue weighted by atomic mass is 9.83. The van der Waals surface area contributed by atoms with Crippen LogP contribution in [0.15, 0.2) is 45.9 Å². The molecule has 1 aliphatic heterocycles. The molecule has 2 aromatic rings. The number of ether oxygens (including phenoxy) is 3. The highest BCUT2D eigenvalue weighted by Crippen LogP contribution is 2.40. The number of nitrogens with zero attached hydrogens (tertiary/aromatic N) is 1. The van der Waals surface area contributed by atoms with E-state index < -0.39 is 12.2 Å². The fraction of sp³-hybridized carbons (Fsp3) is 0.350. The summed E-state index contributed by atoms with van der Waals surface area (Å²) in [7, 11) is 0. The summed E-state index contributed by atoms with van der Waals surface area (Å²) in [6.45, 7) is 2.03. The van der Waals surface area contributed by atoms with E-state index in [0.717, 1.165) is 21.2 Å². The molecule has 8 heteroatoms. The number of hydrogen-bond donors (Lipinski definition) is 1. The summed E-state index contributed by atoms with van der Waals surface area (Å²) in [6, 6.07) is 11.0. The van der Waals surface area contributed by atoms with Gasteiger partial charge in [0.05, 0.1) is 6.61 Å². The molecule has 2 N–H and O–H groups in total. The van der Waals surface area contributed by atoms with Gasteiger partial charge in [-0.05, 0) is 60.4 Å². The summed E-state index contributed by atoms with van der Waals surface area (Å²) in [4.78, 5) is 4.58. The van der Waals surface area contributed by atoms with Crippen molar-refractivity contribution in [3.05, 3.63) is 63.1 Å². The van der Waals surface area contributed by atoms with Crippen molar-refractivity contribution in [1.29, 1.82) is 0 Å². The predicted octanol–water partition coefficient (Wildman–Crippen LogP) is 4.48. The van der Waals surface area contributed by atoms with Gasteiger partial charge in [0.1, 0.15) is 12.4 Å². The highest BCUT2D eigenvalue weighted by molar-refractivity contribution is 9.10. The van der Waals surface area contributed by atoms with Crippen LogP contribution < -0.4 is 10.5 Å². The quantitative estimate of drug-likeness (QED) is 0.669. The molecule has 3 rings (SSSR count). The SMILES string of the molecule is CCOCc1cc(Br)cc([C@@]2(c3ccc(OC(F)F)c(C)c3)COC(N)=N2)c1. The Morgan fingerprint density at radius 3 is 2.64 bits per heavy atom. The Bertz CT molecular complexity index is 892. The number of hydrogen-bond acceptors (Lipinski definition) is 5. The van der Waals surface area contributed by atoms with Crippen molar-refractivity contribution < 1.29 is 23.0 Å². The van der Waals surface area contributed by atoms with Crippen LogP contribution in [0.1, 0.15) is 29.2 Å². The van der Waals surface area contributed by atoms with E-state index in [1.165, 1.54) is 6.07 Å². The lowest BCUT2D eigenvalue weighted by Crippen LogP contribution is -2.27. The van der Waals surface area contributed by atoms with Gasteiger partial charge in [-0.2, -0.15) is 8.78 Å². The molecule has 0 aliphatic carbocycles. The zero-order chi connectivity index (χ0) is 20.3.